The highest BCUT2D eigenvalue weighted by molar-refractivity contribution is 5.83. The number of nitrogens with two attached hydrogens (primary N) is 1. The zero-order chi connectivity index (χ0) is 18.9. The summed E-state index contributed by atoms with van der Waals surface area (Å²) in [5.41, 5.74) is 5.25. The minimum absolute atomic E-state index is 0.0133. The van der Waals surface area contributed by atoms with Gasteiger partial charge in [-0.05, 0) is 71.9 Å². The van der Waals surface area contributed by atoms with Crippen LogP contribution in [0.1, 0.15) is 66.2 Å². The van der Waals surface area contributed by atoms with Gasteiger partial charge in [-0.15, -0.1) is 0 Å². The SMILES string of the molecule is CC/C=C(/N[C@@H](CCCCN)C(=O)N1CCC[C@H]1C#N)OC(C)(C)C. The fourth-order valence-electron chi connectivity index (χ4n) is 2.93. The fourth-order valence-corrected chi connectivity index (χ4v) is 2.93. The van der Waals surface area contributed by atoms with Crippen molar-refractivity contribution in [3.63, 3.8) is 0 Å². The van der Waals surface area contributed by atoms with Crippen molar-refractivity contribution in [2.24, 2.45) is 5.73 Å². The van der Waals surface area contributed by atoms with Gasteiger partial charge in [0, 0.05) is 6.54 Å². The van der Waals surface area contributed by atoms with Gasteiger partial charge < -0.3 is 20.7 Å². The number of allylic oxidation sites excluding steroid dienone is 1. The van der Waals surface area contributed by atoms with E-state index >= 15 is 0 Å². The predicted octanol–water partition coefficient (Wildman–Crippen LogP) is 2.65. The molecule has 0 saturated carbocycles. The van der Waals surface area contributed by atoms with Crippen LogP contribution >= 0.6 is 0 Å². The molecule has 2 atom stereocenters. The van der Waals surface area contributed by atoms with Crippen molar-refractivity contribution < 1.29 is 9.53 Å². The van der Waals surface area contributed by atoms with Crippen LogP contribution in [-0.2, 0) is 9.53 Å². The van der Waals surface area contributed by atoms with E-state index in [-0.39, 0.29) is 23.6 Å². The Labute approximate surface area is 152 Å². The molecule has 0 unspecified atom stereocenters. The largest absolute Gasteiger partial charge is 0.474 e. The molecule has 1 aliphatic heterocycles. The average Bonchev–Trinajstić information content (AvgIpc) is 3.00. The number of rotatable bonds is 9. The van der Waals surface area contributed by atoms with Gasteiger partial charge in [0.05, 0.1) is 6.07 Å². The maximum atomic E-state index is 13.0. The Balaban J connectivity index is 2.88. The van der Waals surface area contributed by atoms with Crippen LogP contribution in [0.2, 0.25) is 0 Å². The quantitative estimate of drug-likeness (QED) is 0.493. The number of nitrogens with zero attached hydrogens (tertiary/aromatic N) is 2. The first-order chi connectivity index (χ1) is 11.8. The zero-order valence-corrected chi connectivity index (χ0v) is 16.2. The van der Waals surface area contributed by atoms with Gasteiger partial charge in [-0.1, -0.05) is 6.92 Å². The molecule has 142 valence electrons. The van der Waals surface area contributed by atoms with E-state index in [0.717, 1.165) is 32.1 Å². The van der Waals surface area contributed by atoms with Gasteiger partial charge in [-0.25, -0.2) is 0 Å². The van der Waals surface area contributed by atoms with E-state index in [4.69, 9.17) is 10.5 Å². The van der Waals surface area contributed by atoms with Crippen LogP contribution in [0.3, 0.4) is 0 Å². The van der Waals surface area contributed by atoms with Gasteiger partial charge in [0.2, 0.25) is 5.91 Å². The van der Waals surface area contributed by atoms with Crippen molar-refractivity contribution in [3.05, 3.63) is 12.0 Å². The molecule has 1 saturated heterocycles. The first kappa shape index (κ1) is 21.3. The third-order valence-corrected chi connectivity index (χ3v) is 4.05. The lowest BCUT2D eigenvalue weighted by Gasteiger charge is -2.30. The molecule has 25 heavy (non-hydrogen) atoms. The zero-order valence-electron chi connectivity index (χ0n) is 16.2. The van der Waals surface area contributed by atoms with Gasteiger partial charge in [-0.3, -0.25) is 4.79 Å². The summed E-state index contributed by atoms with van der Waals surface area (Å²) in [7, 11) is 0. The van der Waals surface area contributed by atoms with Crippen molar-refractivity contribution in [1.82, 2.24) is 10.2 Å². The summed E-state index contributed by atoms with van der Waals surface area (Å²) in [4.78, 5) is 14.7. The molecule has 3 N–H and O–H groups in total. The molecule has 0 spiro atoms. The Hall–Kier alpha value is -1.74. The Morgan fingerprint density at radius 1 is 1.48 bits per heavy atom. The van der Waals surface area contributed by atoms with Crippen LogP contribution in [0.4, 0.5) is 0 Å². The smallest absolute Gasteiger partial charge is 0.246 e. The summed E-state index contributed by atoms with van der Waals surface area (Å²) in [6, 6.07) is 1.55. The standard InChI is InChI=1S/C19H34N4O2/c1-5-9-17(25-19(2,3)4)22-16(11-6-7-12-20)18(24)23-13-8-10-15(23)14-21/h9,15-16,22H,5-8,10-13,20H2,1-4H3/b17-9-/t15-,16-/m0/s1. The molecule has 1 fully saturated rings. The highest BCUT2D eigenvalue weighted by Gasteiger charge is 2.33. The van der Waals surface area contributed by atoms with E-state index in [2.05, 4.69) is 11.4 Å². The maximum Gasteiger partial charge on any atom is 0.246 e. The first-order valence-corrected chi connectivity index (χ1v) is 9.38. The van der Waals surface area contributed by atoms with Crippen LogP contribution in [-0.4, -0.2) is 41.6 Å². The number of unbranched alkanes of at least 4 members (excludes halogenated alkanes) is 1. The molecule has 6 nitrogen and oxygen atoms in total. The number of ether oxygens (including phenoxy) is 1. The van der Waals surface area contributed by atoms with Crippen molar-refractivity contribution in [2.75, 3.05) is 13.1 Å². The Bertz CT molecular complexity index is 491. The molecule has 0 aromatic heterocycles. The summed E-state index contributed by atoms with van der Waals surface area (Å²) in [6.45, 7) is 9.24. The number of nitriles is 1. The molecule has 1 amide bonds. The summed E-state index contributed by atoms with van der Waals surface area (Å²) in [5, 5.41) is 12.6. The molecule has 0 aliphatic carbocycles. The van der Waals surface area contributed by atoms with E-state index in [1.807, 2.05) is 33.8 Å². The number of hydrogen-bond acceptors (Lipinski definition) is 5. The second-order valence-corrected chi connectivity index (χ2v) is 7.49. The van der Waals surface area contributed by atoms with Crippen LogP contribution in [0.25, 0.3) is 0 Å². The molecular formula is C19H34N4O2. The third kappa shape index (κ3) is 7.35. The Morgan fingerprint density at radius 2 is 2.20 bits per heavy atom. The van der Waals surface area contributed by atoms with Crippen LogP contribution in [0.15, 0.2) is 12.0 Å². The average molecular weight is 351 g/mol. The summed E-state index contributed by atoms with van der Waals surface area (Å²) < 4.78 is 5.97. The molecule has 1 heterocycles. The van der Waals surface area contributed by atoms with E-state index in [9.17, 15) is 10.1 Å². The van der Waals surface area contributed by atoms with Gasteiger partial charge in [0.15, 0.2) is 5.88 Å². The van der Waals surface area contributed by atoms with Crippen LogP contribution in [0.5, 0.6) is 0 Å². The van der Waals surface area contributed by atoms with Gasteiger partial charge in [-0.2, -0.15) is 5.26 Å². The molecule has 0 radical (unpaired) electrons. The van der Waals surface area contributed by atoms with Crippen LogP contribution in [0, 0.1) is 11.3 Å². The van der Waals surface area contributed by atoms with Gasteiger partial charge in [0.1, 0.15) is 17.7 Å². The fraction of sp³-hybridized carbons (Fsp3) is 0.789. The van der Waals surface area contributed by atoms with E-state index in [1.54, 1.807) is 4.90 Å². The van der Waals surface area contributed by atoms with Crippen molar-refractivity contribution >= 4 is 5.91 Å². The van der Waals surface area contributed by atoms with Crippen molar-refractivity contribution in [1.29, 1.82) is 5.26 Å². The number of nitrogens with one attached hydrogen (secondary N) is 1. The molecule has 0 aromatic carbocycles. The topological polar surface area (TPSA) is 91.4 Å². The minimum Gasteiger partial charge on any atom is -0.474 e. The third-order valence-electron chi connectivity index (χ3n) is 4.05. The summed E-state index contributed by atoms with van der Waals surface area (Å²) in [5.74, 6) is 0.620. The lowest BCUT2D eigenvalue weighted by atomic mass is 10.1. The Morgan fingerprint density at radius 3 is 2.76 bits per heavy atom. The summed E-state index contributed by atoms with van der Waals surface area (Å²) in [6.07, 6.45) is 6.83. The predicted molar refractivity (Wildman–Crippen MR) is 99.4 cm³/mol. The second kappa shape index (κ2) is 10.3. The first-order valence-electron chi connectivity index (χ1n) is 9.38. The van der Waals surface area contributed by atoms with E-state index in [0.29, 0.717) is 25.4 Å². The molecule has 1 aliphatic rings. The normalized spacial score (nSPS) is 19.4. The number of carbonyl (C=O) groups is 1. The maximum absolute atomic E-state index is 13.0. The molecule has 0 bridgehead atoms. The minimum atomic E-state index is -0.388. The van der Waals surface area contributed by atoms with Crippen LogP contribution < -0.4 is 11.1 Å². The van der Waals surface area contributed by atoms with E-state index in [1.165, 1.54) is 0 Å². The monoisotopic (exact) mass is 350 g/mol. The van der Waals surface area contributed by atoms with E-state index < -0.39 is 0 Å². The molecular weight excluding hydrogens is 316 g/mol. The van der Waals surface area contributed by atoms with Gasteiger partial charge in [0.25, 0.3) is 0 Å². The number of amides is 1. The number of hydrogen-bond donors (Lipinski definition) is 2. The summed E-state index contributed by atoms with van der Waals surface area (Å²) >= 11 is 0. The molecule has 6 heteroatoms. The number of likely N-dealkylation sites (tertiary alicyclic amines) is 1. The van der Waals surface area contributed by atoms with Gasteiger partial charge >= 0.3 is 0 Å². The number of carbonyl (C=O) groups excluding carboxylic acids is 1. The Kier molecular flexibility index (Phi) is 8.77. The lowest BCUT2D eigenvalue weighted by molar-refractivity contribution is -0.134. The molecule has 0 aromatic rings. The second-order valence-electron chi connectivity index (χ2n) is 7.49. The molecule has 1 rings (SSSR count). The highest BCUT2D eigenvalue weighted by atomic mass is 16.5. The highest BCUT2D eigenvalue weighted by Crippen LogP contribution is 2.20. The van der Waals surface area contributed by atoms with Crippen molar-refractivity contribution in [3.8, 4) is 6.07 Å². The lowest BCUT2D eigenvalue weighted by Crippen LogP contribution is -2.48. The van der Waals surface area contributed by atoms with Crippen molar-refractivity contribution in [2.45, 2.75) is 83.9 Å².